The summed E-state index contributed by atoms with van der Waals surface area (Å²) >= 11 is 12.3. The molecule has 0 spiro atoms. The van der Waals surface area contributed by atoms with Crippen molar-refractivity contribution in [1.82, 2.24) is 9.97 Å². The molecule has 3 nitrogen and oxygen atoms in total. The molecule has 0 unspecified atom stereocenters. The molecular formula is C12H10Cl2FN3. The summed E-state index contributed by atoms with van der Waals surface area (Å²) in [5, 5.41) is 0.654. The summed E-state index contributed by atoms with van der Waals surface area (Å²) in [7, 11) is 0. The Balaban J connectivity index is 2.57. The van der Waals surface area contributed by atoms with E-state index in [2.05, 4.69) is 9.97 Å². The molecule has 1 aromatic carbocycles. The van der Waals surface area contributed by atoms with E-state index in [1.165, 1.54) is 6.20 Å². The van der Waals surface area contributed by atoms with Gasteiger partial charge < -0.3 is 5.73 Å². The molecule has 0 amide bonds. The van der Waals surface area contributed by atoms with Crippen LogP contribution in [0.15, 0.2) is 24.5 Å². The molecule has 2 aromatic rings. The first-order valence-corrected chi connectivity index (χ1v) is 5.97. The molecule has 2 rings (SSSR count). The van der Waals surface area contributed by atoms with E-state index in [1.54, 1.807) is 19.1 Å². The zero-order chi connectivity index (χ0) is 13.3. The maximum absolute atomic E-state index is 13.0. The van der Waals surface area contributed by atoms with Crippen LogP contribution in [0.2, 0.25) is 10.0 Å². The lowest BCUT2D eigenvalue weighted by Gasteiger charge is -2.12. The predicted octanol–water partition coefficient (Wildman–Crippen LogP) is 3.61. The lowest BCUT2D eigenvalue weighted by molar-refractivity contribution is 0.578. The lowest BCUT2D eigenvalue weighted by Crippen LogP contribution is -2.06. The number of hydrogen-bond donors (Lipinski definition) is 1. The molecular weight excluding hydrogens is 276 g/mol. The number of nitrogens with two attached hydrogens (primary N) is 1. The average molecular weight is 286 g/mol. The number of benzene rings is 1. The average Bonchev–Trinajstić information content (AvgIpc) is 2.32. The van der Waals surface area contributed by atoms with Crippen LogP contribution in [0, 0.1) is 5.95 Å². The summed E-state index contributed by atoms with van der Waals surface area (Å²) in [6.07, 6.45) is 2.45. The lowest BCUT2D eigenvalue weighted by atomic mass is 10.0. The Labute approximate surface area is 114 Å². The van der Waals surface area contributed by atoms with Gasteiger partial charge in [-0.15, -0.1) is 0 Å². The van der Waals surface area contributed by atoms with Crippen molar-refractivity contribution in [3.8, 4) is 11.3 Å². The van der Waals surface area contributed by atoms with Gasteiger partial charge in [-0.2, -0.15) is 4.39 Å². The van der Waals surface area contributed by atoms with Gasteiger partial charge in [-0.3, -0.25) is 4.98 Å². The molecule has 0 saturated carbocycles. The van der Waals surface area contributed by atoms with Crippen LogP contribution in [0.5, 0.6) is 0 Å². The topological polar surface area (TPSA) is 51.8 Å². The highest BCUT2D eigenvalue weighted by Crippen LogP contribution is 2.36. The highest BCUT2D eigenvalue weighted by Gasteiger charge is 2.15. The Morgan fingerprint density at radius 3 is 2.56 bits per heavy atom. The van der Waals surface area contributed by atoms with Crippen molar-refractivity contribution in [2.24, 2.45) is 5.73 Å². The second-order valence-corrected chi connectivity index (χ2v) is 4.60. The van der Waals surface area contributed by atoms with E-state index >= 15 is 0 Å². The maximum Gasteiger partial charge on any atom is 0.231 e. The van der Waals surface area contributed by atoms with E-state index in [0.29, 0.717) is 21.3 Å². The molecule has 1 aromatic heterocycles. The van der Waals surface area contributed by atoms with Gasteiger partial charge >= 0.3 is 0 Å². The third-order valence-electron chi connectivity index (χ3n) is 2.48. The fourth-order valence-electron chi connectivity index (χ4n) is 1.59. The van der Waals surface area contributed by atoms with Crippen molar-refractivity contribution < 1.29 is 4.39 Å². The van der Waals surface area contributed by atoms with E-state index in [9.17, 15) is 4.39 Å². The van der Waals surface area contributed by atoms with Crippen LogP contribution in [-0.2, 0) is 0 Å². The monoisotopic (exact) mass is 285 g/mol. The number of hydrogen-bond acceptors (Lipinski definition) is 3. The molecule has 18 heavy (non-hydrogen) atoms. The molecule has 94 valence electrons. The van der Waals surface area contributed by atoms with Crippen LogP contribution >= 0.6 is 23.2 Å². The molecule has 0 aliphatic carbocycles. The van der Waals surface area contributed by atoms with Crippen molar-refractivity contribution in [3.63, 3.8) is 0 Å². The normalized spacial score (nSPS) is 12.5. The van der Waals surface area contributed by atoms with Crippen molar-refractivity contribution in [2.45, 2.75) is 13.0 Å². The maximum atomic E-state index is 13.0. The van der Waals surface area contributed by atoms with Crippen LogP contribution in [0.4, 0.5) is 4.39 Å². The van der Waals surface area contributed by atoms with Crippen molar-refractivity contribution in [3.05, 3.63) is 46.1 Å². The van der Waals surface area contributed by atoms with Crippen molar-refractivity contribution in [2.75, 3.05) is 0 Å². The Morgan fingerprint density at radius 2 is 1.94 bits per heavy atom. The van der Waals surface area contributed by atoms with Crippen LogP contribution in [0.25, 0.3) is 11.3 Å². The van der Waals surface area contributed by atoms with Gasteiger partial charge in [0.25, 0.3) is 0 Å². The third kappa shape index (κ3) is 2.46. The number of rotatable bonds is 2. The fourth-order valence-corrected chi connectivity index (χ4v) is 2.19. The quantitative estimate of drug-likeness (QED) is 0.917. The summed E-state index contributed by atoms with van der Waals surface area (Å²) in [6.45, 7) is 1.80. The highest BCUT2D eigenvalue weighted by atomic mass is 35.5. The first kappa shape index (κ1) is 13.2. The van der Waals surface area contributed by atoms with Gasteiger partial charge in [0, 0.05) is 11.6 Å². The summed E-state index contributed by atoms with van der Waals surface area (Å²) < 4.78 is 13.0. The van der Waals surface area contributed by atoms with Gasteiger partial charge in [0.2, 0.25) is 5.95 Å². The molecule has 1 atom stereocenters. The zero-order valence-electron chi connectivity index (χ0n) is 9.49. The molecule has 0 saturated heterocycles. The molecule has 0 bridgehead atoms. The summed E-state index contributed by atoms with van der Waals surface area (Å²) in [5.41, 5.74) is 7.35. The van der Waals surface area contributed by atoms with E-state index in [-0.39, 0.29) is 6.04 Å². The van der Waals surface area contributed by atoms with Crippen molar-refractivity contribution in [1.29, 1.82) is 0 Å². The Hall–Kier alpha value is -1.23. The van der Waals surface area contributed by atoms with Crippen molar-refractivity contribution >= 4 is 23.2 Å². The predicted molar refractivity (Wildman–Crippen MR) is 70.0 cm³/mol. The minimum atomic E-state index is -0.670. The number of nitrogens with zero attached hydrogens (tertiary/aromatic N) is 2. The van der Waals surface area contributed by atoms with Gasteiger partial charge in [-0.25, -0.2) is 4.98 Å². The Morgan fingerprint density at radius 1 is 1.22 bits per heavy atom. The Kier molecular flexibility index (Phi) is 3.80. The first-order chi connectivity index (χ1) is 8.50. The molecule has 0 aliphatic heterocycles. The van der Waals surface area contributed by atoms with E-state index < -0.39 is 5.95 Å². The van der Waals surface area contributed by atoms with Gasteiger partial charge in [0.15, 0.2) is 0 Å². The van der Waals surface area contributed by atoms with Crippen LogP contribution in [0.3, 0.4) is 0 Å². The first-order valence-electron chi connectivity index (χ1n) is 5.22. The smallest absolute Gasteiger partial charge is 0.231 e. The second-order valence-electron chi connectivity index (χ2n) is 3.85. The number of aromatic nitrogens is 2. The van der Waals surface area contributed by atoms with E-state index in [4.69, 9.17) is 28.9 Å². The summed E-state index contributed by atoms with van der Waals surface area (Å²) in [6, 6.07) is 3.22. The van der Waals surface area contributed by atoms with Crippen LogP contribution in [0.1, 0.15) is 18.5 Å². The van der Waals surface area contributed by atoms with Crippen LogP contribution in [-0.4, -0.2) is 9.97 Å². The van der Waals surface area contributed by atoms with Crippen LogP contribution < -0.4 is 5.73 Å². The summed E-state index contributed by atoms with van der Waals surface area (Å²) in [4.78, 5) is 7.44. The molecule has 2 N–H and O–H groups in total. The minimum absolute atomic E-state index is 0.234. The van der Waals surface area contributed by atoms with E-state index in [0.717, 1.165) is 11.8 Å². The van der Waals surface area contributed by atoms with E-state index in [1.807, 2.05) is 0 Å². The third-order valence-corrected chi connectivity index (χ3v) is 3.38. The van der Waals surface area contributed by atoms with Gasteiger partial charge in [0.05, 0.1) is 28.1 Å². The van der Waals surface area contributed by atoms with Gasteiger partial charge in [-0.05, 0) is 12.5 Å². The molecule has 0 fully saturated rings. The Bertz CT molecular complexity index is 588. The molecule has 0 radical (unpaired) electrons. The minimum Gasteiger partial charge on any atom is -0.324 e. The second kappa shape index (κ2) is 5.18. The SMILES string of the molecule is C[C@H](N)c1ccc(-c2cncc(F)n2)c(Cl)c1Cl. The number of halogens is 3. The summed E-state index contributed by atoms with van der Waals surface area (Å²) in [5.74, 6) is -0.670. The molecule has 1 heterocycles. The van der Waals surface area contributed by atoms with Gasteiger partial charge in [-0.1, -0.05) is 35.3 Å². The standard InChI is InChI=1S/C12H10Cl2FN3/c1-6(16)7-2-3-8(12(14)11(7)13)9-4-17-5-10(15)18-9/h2-6H,16H2,1H3/t6-/m0/s1. The zero-order valence-corrected chi connectivity index (χ0v) is 11.0. The van der Waals surface area contributed by atoms with Gasteiger partial charge in [0.1, 0.15) is 0 Å². The fraction of sp³-hybridized carbons (Fsp3) is 0.167. The molecule has 6 heteroatoms. The largest absolute Gasteiger partial charge is 0.324 e. The highest BCUT2D eigenvalue weighted by molar-refractivity contribution is 6.44. The molecule has 0 aliphatic rings.